The molecule has 1 amide bonds. The molecule has 2 heterocycles. The molecule has 3 rings (SSSR count). The molecule has 124 valence electrons. The van der Waals surface area contributed by atoms with Gasteiger partial charge in [0.25, 0.3) is 0 Å². The van der Waals surface area contributed by atoms with E-state index in [1.165, 1.54) is 9.08 Å². The topological polar surface area (TPSA) is 88.6 Å². The van der Waals surface area contributed by atoms with E-state index in [4.69, 9.17) is 0 Å². The SMILES string of the molecule is O=C(CCn1nc2ccccn2c1=O)NCC(O)C1CCCC1. The van der Waals surface area contributed by atoms with Crippen LogP contribution >= 0.6 is 0 Å². The minimum atomic E-state index is -0.473. The van der Waals surface area contributed by atoms with Gasteiger partial charge in [0.15, 0.2) is 5.65 Å². The molecule has 1 saturated carbocycles. The first-order valence-electron chi connectivity index (χ1n) is 8.14. The van der Waals surface area contributed by atoms with Crippen molar-refractivity contribution in [2.24, 2.45) is 5.92 Å². The third-order valence-corrected chi connectivity index (χ3v) is 4.49. The van der Waals surface area contributed by atoms with Crippen molar-refractivity contribution in [3.63, 3.8) is 0 Å². The third-order valence-electron chi connectivity index (χ3n) is 4.49. The maximum absolute atomic E-state index is 12.1. The van der Waals surface area contributed by atoms with Gasteiger partial charge in [-0.15, -0.1) is 5.10 Å². The summed E-state index contributed by atoms with van der Waals surface area (Å²) in [5.74, 6) is 0.127. The van der Waals surface area contributed by atoms with E-state index in [9.17, 15) is 14.7 Å². The molecule has 2 aromatic rings. The molecule has 0 aliphatic heterocycles. The predicted molar refractivity (Wildman–Crippen MR) is 85.0 cm³/mol. The number of aromatic nitrogens is 3. The number of pyridine rings is 1. The van der Waals surface area contributed by atoms with Gasteiger partial charge in [-0.25, -0.2) is 9.48 Å². The molecule has 1 aliphatic carbocycles. The van der Waals surface area contributed by atoms with Crippen molar-refractivity contribution in [2.75, 3.05) is 6.54 Å². The molecule has 2 aromatic heterocycles. The quantitative estimate of drug-likeness (QED) is 0.814. The van der Waals surface area contributed by atoms with E-state index < -0.39 is 6.10 Å². The first-order chi connectivity index (χ1) is 11.1. The van der Waals surface area contributed by atoms with Crippen LogP contribution in [0, 0.1) is 5.92 Å². The average Bonchev–Trinajstić information content (AvgIpc) is 3.20. The summed E-state index contributed by atoms with van der Waals surface area (Å²) in [6.07, 6.45) is 5.74. The molecule has 0 aromatic carbocycles. The van der Waals surface area contributed by atoms with E-state index in [2.05, 4.69) is 10.4 Å². The van der Waals surface area contributed by atoms with Crippen LogP contribution in [-0.2, 0) is 11.3 Å². The molecule has 1 unspecified atom stereocenters. The number of aliphatic hydroxyl groups excluding tert-OH is 1. The standard InChI is InChI=1S/C16H22N4O3/c21-13(12-5-1-2-6-12)11-17-15(22)8-10-20-16(23)19-9-4-3-7-14(19)18-20/h3-4,7,9,12-13,21H,1-2,5-6,8,10-11H2,(H,17,22). The molecule has 2 N–H and O–H groups in total. The molecule has 1 aliphatic rings. The Hall–Kier alpha value is -2.15. The van der Waals surface area contributed by atoms with E-state index >= 15 is 0 Å². The summed E-state index contributed by atoms with van der Waals surface area (Å²) >= 11 is 0. The largest absolute Gasteiger partial charge is 0.391 e. The van der Waals surface area contributed by atoms with Crippen LogP contribution in [0.2, 0.25) is 0 Å². The highest BCUT2D eigenvalue weighted by Crippen LogP contribution is 2.27. The molecule has 7 nitrogen and oxygen atoms in total. The van der Waals surface area contributed by atoms with Crippen LogP contribution in [0.4, 0.5) is 0 Å². The highest BCUT2D eigenvalue weighted by atomic mass is 16.3. The summed E-state index contributed by atoms with van der Waals surface area (Å²) in [5.41, 5.74) is 0.314. The number of hydrogen-bond donors (Lipinski definition) is 2. The van der Waals surface area contributed by atoms with Crippen LogP contribution in [0.25, 0.3) is 5.65 Å². The smallest absolute Gasteiger partial charge is 0.350 e. The van der Waals surface area contributed by atoms with Crippen LogP contribution in [0.15, 0.2) is 29.2 Å². The molecule has 0 radical (unpaired) electrons. The molecule has 1 atom stereocenters. The Labute approximate surface area is 133 Å². The van der Waals surface area contributed by atoms with Crippen LogP contribution in [0.5, 0.6) is 0 Å². The van der Waals surface area contributed by atoms with Crippen molar-refractivity contribution in [2.45, 2.75) is 44.8 Å². The Morgan fingerprint density at radius 3 is 2.91 bits per heavy atom. The molecular formula is C16H22N4O3. The normalized spacial score (nSPS) is 16.7. The fourth-order valence-corrected chi connectivity index (χ4v) is 3.14. The average molecular weight is 318 g/mol. The van der Waals surface area contributed by atoms with Crippen molar-refractivity contribution in [3.05, 3.63) is 34.9 Å². The highest BCUT2D eigenvalue weighted by molar-refractivity contribution is 5.75. The minimum absolute atomic E-state index is 0.168. The summed E-state index contributed by atoms with van der Waals surface area (Å²) in [6, 6.07) is 5.32. The maximum Gasteiger partial charge on any atom is 0.350 e. The number of aliphatic hydroxyl groups is 1. The molecule has 0 saturated heterocycles. The van der Waals surface area contributed by atoms with Crippen molar-refractivity contribution in [1.29, 1.82) is 0 Å². The summed E-state index contributed by atoms with van der Waals surface area (Å²) in [4.78, 5) is 24.0. The highest BCUT2D eigenvalue weighted by Gasteiger charge is 2.23. The Morgan fingerprint density at radius 2 is 2.17 bits per heavy atom. The lowest BCUT2D eigenvalue weighted by Gasteiger charge is -2.17. The summed E-state index contributed by atoms with van der Waals surface area (Å²) < 4.78 is 2.74. The fraction of sp³-hybridized carbons (Fsp3) is 0.562. The Morgan fingerprint density at radius 1 is 1.39 bits per heavy atom. The summed E-state index contributed by atoms with van der Waals surface area (Å²) in [6.45, 7) is 0.509. The minimum Gasteiger partial charge on any atom is -0.391 e. The second-order valence-electron chi connectivity index (χ2n) is 6.10. The molecule has 23 heavy (non-hydrogen) atoms. The summed E-state index contributed by atoms with van der Waals surface area (Å²) in [7, 11) is 0. The monoisotopic (exact) mass is 318 g/mol. The van der Waals surface area contributed by atoms with Gasteiger partial charge < -0.3 is 10.4 Å². The van der Waals surface area contributed by atoms with Gasteiger partial charge in [0.2, 0.25) is 5.91 Å². The zero-order chi connectivity index (χ0) is 16.2. The number of fused-ring (bicyclic) bond motifs is 1. The van der Waals surface area contributed by atoms with E-state index in [1.807, 2.05) is 6.07 Å². The van der Waals surface area contributed by atoms with E-state index in [-0.39, 0.29) is 31.1 Å². The Balaban J connectivity index is 1.50. The molecular weight excluding hydrogens is 296 g/mol. The fourth-order valence-electron chi connectivity index (χ4n) is 3.14. The zero-order valence-corrected chi connectivity index (χ0v) is 13.0. The summed E-state index contributed by atoms with van der Waals surface area (Å²) in [5, 5.41) is 17.0. The van der Waals surface area contributed by atoms with Gasteiger partial charge in [-0.05, 0) is 30.9 Å². The molecule has 0 bridgehead atoms. The predicted octanol–water partition coefficient (Wildman–Crippen LogP) is 0.553. The lowest BCUT2D eigenvalue weighted by Crippen LogP contribution is -2.36. The van der Waals surface area contributed by atoms with Gasteiger partial charge >= 0.3 is 5.69 Å². The van der Waals surface area contributed by atoms with E-state index in [0.717, 1.165) is 25.7 Å². The number of nitrogens with zero attached hydrogens (tertiary/aromatic N) is 3. The maximum atomic E-state index is 12.1. The first kappa shape index (κ1) is 15.7. The Bertz CT molecular complexity index is 730. The van der Waals surface area contributed by atoms with Gasteiger partial charge in [0, 0.05) is 19.2 Å². The van der Waals surface area contributed by atoms with E-state index in [0.29, 0.717) is 11.6 Å². The van der Waals surface area contributed by atoms with Gasteiger partial charge in [-0.1, -0.05) is 18.9 Å². The second kappa shape index (κ2) is 6.95. The second-order valence-corrected chi connectivity index (χ2v) is 6.10. The number of carbonyl (C=O) groups is 1. The van der Waals surface area contributed by atoms with Gasteiger partial charge in [0.1, 0.15) is 0 Å². The van der Waals surface area contributed by atoms with Gasteiger partial charge in [0.05, 0.1) is 12.6 Å². The molecule has 7 heteroatoms. The lowest BCUT2D eigenvalue weighted by molar-refractivity contribution is -0.122. The lowest BCUT2D eigenvalue weighted by atomic mass is 10.0. The number of aryl methyl sites for hydroxylation is 1. The third kappa shape index (κ3) is 3.61. The number of nitrogens with one attached hydrogen (secondary N) is 1. The van der Waals surface area contributed by atoms with Crippen molar-refractivity contribution in [3.8, 4) is 0 Å². The van der Waals surface area contributed by atoms with Crippen molar-refractivity contribution in [1.82, 2.24) is 19.5 Å². The van der Waals surface area contributed by atoms with Crippen molar-refractivity contribution < 1.29 is 9.90 Å². The van der Waals surface area contributed by atoms with Crippen LogP contribution < -0.4 is 11.0 Å². The van der Waals surface area contributed by atoms with Crippen molar-refractivity contribution >= 4 is 11.6 Å². The zero-order valence-electron chi connectivity index (χ0n) is 13.0. The first-order valence-corrected chi connectivity index (χ1v) is 8.14. The number of carbonyl (C=O) groups excluding carboxylic acids is 1. The van der Waals surface area contributed by atoms with Crippen LogP contribution in [-0.4, -0.2) is 37.8 Å². The van der Waals surface area contributed by atoms with Crippen LogP contribution in [0.3, 0.4) is 0 Å². The van der Waals surface area contributed by atoms with Gasteiger partial charge in [-0.2, -0.15) is 0 Å². The van der Waals surface area contributed by atoms with Gasteiger partial charge in [-0.3, -0.25) is 9.20 Å². The molecule has 0 spiro atoms. The molecule has 1 fully saturated rings. The number of hydrogen-bond acceptors (Lipinski definition) is 4. The Kier molecular flexibility index (Phi) is 4.76. The number of amides is 1. The van der Waals surface area contributed by atoms with E-state index in [1.54, 1.807) is 18.3 Å². The number of rotatable bonds is 6. The van der Waals surface area contributed by atoms with Crippen LogP contribution in [0.1, 0.15) is 32.1 Å².